The summed E-state index contributed by atoms with van der Waals surface area (Å²) in [4.78, 5) is 40.2. The second kappa shape index (κ2) is 10.8. The summed E-state index contributed by atoms with van der Waals surface area (Å²) >= 11 is 0. The Kier molecular flexibility index (Phi) is 7.88. The Morgan fingerprint density at radius 2 is 2.03 bits per heavy atom. The van der Waals surface area contributed by atoms with E-state index in [-0.39, 0.29) is 17.3 Å². The van der Waals surface area contributed by atoms with Crippen LogP contribution in [-0.2, 0) is 0 Å². The average Bonchev–Trinajstić information content (AvgIpc) is 2.75. The molecule has 0 fully saturated rings. The fraction of sp³-hybridized carbons (Fsp3) is 0.105. The maximum Gasteiger partial charge on any atom is 0.301 e. The monoisotopic (exact) mass is 410 g/mol. The van der Waals surface area contributed by atoms with Gasteiger partial charge in [-0.1, -0.05) is 13.0 Å². The Morgan fingerprint density at radius 1 is 1.23 bits per heavy atom. The first kappa shape index (κ1) is 21.9. The lowest BCUT2D eigenvalue weighted by atomic mass is 10.2. The lowest BCUT2D eigenvalue weighted by molar-refractivity contribution is -0.393. The second-order valence-corrected chi connectivity index (χ2v) is 5.74. The highest BCUT2D eigenvalue weighted by Gasteiger charge is 2.18. The van der Waals surface area contributed by atoms with Gasteiger partial charge in [0.05, 0.1) is 21.5 Å². The summed E-state index contributed by atoms with van der Waals surface area (Å²) < 4.78 is 0. The number of carbonyl (C=O) groups excluding carboxylic acids is 1. The number of nitrogens with one attached hydrogen (secondary N) is 2. The summed E-state index contributed by atoms with van der Waals surface area (Å²) in [6.07, 6.45) is 9.83. The van der Waals surface area contributed by atoms with Crippen LogP contribution >= 0.6 is 0 Å². The van der Waals surface area contributed by atoms with Gasteiger partial charge in [-0.3, -0.25) is 35.4 Å². The summed E-state index contributed by atoms with van der Waals surface area (Å²) in [5.41, 5.74) is 5.58. The molecule has 154 valence electrons. The number of non-ortho nitro benzene ring substituents is 1. The zero-order chi connectivity index (χ0) is 21.9. The van der Waals surface area contributed by atoms with Crippen LogP contribution in [0.5, 0.6) is 0 Å². The number of carbonyl (C=O) groups is 1. The van der Waals surface area contributed by atoms with E-state index >= 15 is 0 Å². The van der Waals surface area contributed by atoms with Crippen molar-refractivity contribution in [1.82, 2.24) is 15.8 Å². The molecule has 0 saturated carbocycles. The molecule has 0 aliphatic rings. The molecule has 2 N–H and O–H groups in total. The molecule has 30 heavy (non-hydrogen) atoms. The van der Waals surface area contributed by atoms with Gasteiger partial charge in [0, 0.05) is 30.9 Å². The van der Waals surface area contributed by atoms with Gasteiger partial charge in [-0.15, -0.1) is 0 Å². The highest BCUT2D eigenvalue weighted by Crippen LogP contribution is 2.30. The van der Waals surface area contributed by atoms with Gasteiger partial charge >= 0.3 is 5.69 Å². The van der Waals surface area contributed by atoms with E-state index in [1.165, 1.54) is 18.5 Å². The van der Waals surface area contributed by atoms with Crippen LogP contribution in [0, 0.1) is 20.2 Å². The molecule has 2 rings (SSSR count). The first-order valence-corrected chi connectivity index (χ1v) is 8.71. The Hall–Kier alpha value is -4.41. The number of nitrogens with zero attached hydrogens (tertiary/aromatic N) is 4. The molecular weight excluding hydrogens is 392 g/mol. The highest BCUT2D eigenvalue weighted by atomic mass is 16.6. The van der Waals surface area contributed by atoms with Crippen LogP contribution < -0.4 is 10.9 Å². The van der Waals surface area contributed by atoms with E-state index in [0.717, 1.165) is 17.7 Å². The number of aliphatic imine (C=N–C) groups is 1. The minimum absolute atomic E-state index is 0.000799. The van der Waals surface area contributed by atoms with Crippen molar-refractivity contribution in [1.29, 1.82) is 0 Å². The molecule has 11 heteroatoms. The molecule has 1 amide bonds. The zero-order valence-electron chi connectivity index (χ0n) is 15.9. The Labute approximate surface area is 171 Å². The zero-order valence-corrected chi connectivity index (χ0v) is 15.9. The number of pyridine rings is 1. The van der Waals surface area contributed by atoms with Crippen LogP contribution in [0.2, 0.25) is 0 Å². The van der Waals surface area contributed by atoms with Crippen LogP contribution in [0.4, 0.5) is 17.1 Å². The van der Waals surface area contributed by atoms with E-state index in [1.54, 1.807) is 36.7 Å². The summed E-state index contributed by atoms with van der Waals surface area (Å²) in [5.74, 6) is -0.342. The molecule has 1 aromatic heterocycles. The first-order valence-electron chi connectivity index (χ1n) is 8.71. The summed E-state index contributed by atoms with van der Waals surface area (Å²) in [6, 6.07) is 6.51. The van der Waals surface area contributed by atoms with Gasteiger partial charge in [-0.25, -0.2) is 4.99 Å². The van der Waals surface area contributed by atoms with E-state index in [4.69, 9.17) is 0 Å². The van der Waals surface area contributed by atoms with Gasteiger partial charge in [0.1, 0.15) is 5.69 Å². The molecule has 1 aromatic carbocycles. The second-order valence-electron chi connectivity index (χ2n) is 5.74. The lowest BCUT2D eigenvalue weighted by Crippen LogP contribution is -2.33. The van der Waals surface area contributed by atoms with Crippen molar-refractivity contribution >= 4 is 29.2 Å². The topological polar surface area (TPSA) is 153 Å². The molecular formula is C19H18N6O5. The lowest BCUT2D eigenvalue weighted by Gasteiger charge is -2.05. The number of hydrogen-bond donors (Lipinski definition) is 2. The predicted octanol–water partition coefficient (Wildman–Crippen LogP) is 3.39. The van der Waals surface area contributed by atoms with E-state index in [2.05, 4.69) is 20.8 Å². The predicted molar refractivity (Wildman–Crippen MR) is 110 cm³/mol. The molecule has 0 aliphatic heterocycles. The smallest absolute Gasteiger partial charge is 0.301 e. The van der Waals surface area contributed by atoms with Gasteiger partial charge in [-0.2, -0.15) is 0 Å². The third kappa shape index (κ3) is 6.34. The van der Waals surface area contributed by atoms with Gasteiger partial charge in [0.15, 0.2) is 0 Å². The van der Waals surface area contributed by atoms with E-state index in [9.17, 15) is 25.0 Å². The number of aromatic nitrogens is 1. The quantitative estimate of drug-likeness (QED) is 0.278. The largest absolute Gasteiger partial charge is 0.305 e. The summed E-state index contributed by atoms with van der Waals surface area (Å²) in [5, 5.41) is 21.9. The van der Waals surface area contributed by atoms with Gasteiger partial charge in [0.2, 0.25) is 0 Å². The van der Waals surface area contributed by atoms with Crippen molar-refractivity contribution in [3.8, 4) is 0 Å². The van der Waals surface area contributed by atoms with Crippen LogP contribution in [0.1, 0.15) is 23.7 Å². The van der Waals surface area contributed by atoms with Crippen molar-refractivity contribution < 1.29 is 14.6 Å². The molecule has 1 heterocycles. The number of amides is 1. The summed E-state index contributed by atoms with van der Waals surface area (Å²) in [7, 11) is 0. The first-order chi connectivity index (χ1) is 14.4. The normalized spacial score (nSPS) is 11.6. The van der Waals surface area contributed by atoms with E-state index in [1.807, 2.05) is 6.92 Å². The Bertz CT molecular complexity index is 1020. The minimum Gasteiger partial charge on any atom is -0.305 e. The van der Waals surface area contributed by atoms with Crippen LogP contribution in [0.25, 0.3) is 0 Å². The van der Waals surface area contributed by atoms with Crippen molar-refractivity contribution in [2.45, 2.75) is 13.3 Å². The Morgan fingerprint density at radius 3 is 2.67 bits per heavy atom. The van der Waals surface area contributed by atoms with Crippen LogP contribution in [0.3, 0.4) is 0 Å². The molecule has 0 saturated heterocycles. The molecule has 0 aliphatic carbocycles. The van der Waals surface area contributed by atoms with Crippen molar-refractivity contribution in [3.63, 3.8) is 0 Å². The number of nitro benzene ring substituents is 2. The fourth-order valence-corrected chi connectivity index (χ4v) is 2.20. The molecule has 0 unspecified atom stereocenters. The molecule has 2 aromatic rings. The number of nitro groups is 2. The van der Waals surface area contributed by atoms with Crippen LogP contribution in [0.15, 0.2) is 71.6 Å². The van der Waals surface area contributed by atoms with Crippen molar-refractivity contribution in [3.05, 3.63) is 92.4 Å². The molecule has 0 atom stereocenters. The number of allylic oxidation sites excluding steroid dienone is 3. The van der Waals surface area contributed by atoms with Crippen LogP contribution in [-0.4, -0.2) is 27.0 Å². The maximum absolute atomic E-state index is 11.9. The third-order valence-electron chi connectivity index (χ3n) is 3.75. The highest BCUT2D eigenvalue weighted by molar-refractivity contribution is 5.93. The minimum atomic E-state index is -0.727. The number of hydrogen-bond acceptors (Lipinski definition) is 8. The molecule has 11 nitrogen and oxygen atoms in total. The standard InChI is InChI=1S/C19H18N6O5/c1-2-14(12-22-23-19(26)15-6-4-9-20-13-15)5-3-10-21-17-8-7-16(24(27)28)11-18(17)25(29)30/h3-13,22H,2H2,1H3,(H,23,26)/b5-3-,14-12+,21-10?. The SMILES string of the molecule is CCC(/C=C\C=Nc1ccc([N+](=O)[O-])cc1[N+](=O)[O-])=C\NNC(=O)c1cccnc1. The number of benzene rings is 1. The van der Waals surface area contributed by atoms with Gasteiger partial charge in [0.25, 0.3) is 11.6 Å². The van der Waals surface area contributed by atoms with E-state index < -0.39 is 15.5 Å². The van der Waals surface area contributed by atoms with Crippen molar-refractivity contribution in [2.24, 2.45) is 4.99 Å². The van der Waals surface area contributed by atoms with Gasteiger partial charge < -0.3 is 5.43 Å². The third-order valence-corrected chi connectivity index (χ3v) is 3.75. The molecule has 0 spiro atoms. The maximum atomic E-state index is 11.9. The number of rotatable bonds is 9. The summed E-state index contributed by atoms with van der Waals surface area (Å²) in [6.45, 7) is 1.90. The fourth-order valence-electron chi connectivity index (χ4n) is 2.20. The number of hydrazine groups is 1. The molecule has 0 radical (unpaired) electrons. The van der Waals surface area contributed by atoms with Gasteiger partial charge in [-0.05, 0) is 36.3 Å². The molecule has 0 bridgehead atoms. The van der Waals surface area contributed by atoms with Crippen molar-refractivity contribution in [2.75, 3.05) is 0 Å². The Balaban J connectivity index is 2.01. The van der Waals surface area contributed by atoms with E-state index in [0.29, 0.717) is 12.0 Å². The average molecular weight is 410 g/mol.